The fourth-order valence-electron chi connectivity index (χ4n) is 2.75. The molecule has 0 saturated carbocycles. The molecule has 0 spiro atoms. The van der Waals surface area contributed by atoms with Crippen molar-refractivity contribution in [3.8, 4) is 0 Å². The predicted molar refractivity (Wildman–Crippen MR) is 119 cm³/mol. The third-order valence-electron chi connectivity index (χ3n) is 4.92. The van der Waals surface area contributed by atoms with Crippen molar-refractivity contribution < 1.29 is 22.7 Å². The molecule has 0 unspecified atom stereocenters. The lowest BCUT2D eigenvalue weighted by molar-refractivity contribution is -0.148. The highest BCUT2D eigenvalue weighted by Gasteiger charge is 2.28. The number of hydrogen-bond acceptors (Lipinski definition) is 5. The van der Waals surface area contributed by atoms with Crippen LogP contribution in [0.5, 0.6) is 0 Å². The van der Waals surface area contributed by atoms with Gasteiger partial charge in [-0.3, -0.25) is 4.79 Å². The van der Waals surface area contributed by atoms with E-state index in [0.29, 0.717) is 22.6 Å². The molecule has 0 radical (unpaired) electrons. The Hall–Kier alpha value is -2.42. The summed E-state index contributed by atoms with van der Waals surface area (Å²) < 4.78 is 31.1. The molecule has 0 aliphatic carbocycles. The molecule has 9 heteroatoms. The van der Waals surface area contributed by atoms with Crippen molar-refractivity contribution in [1.29, 1.82) is 0 Å². The molecule has 31 heavy (non-hydrogen) atoms. The summed E-state index contributed by atoms with van der Waals surface area (Å²) in [6, 6.07) is 11.7. The Kier molecular flexibility index (Phi) is 8.61. The maximum atomic E-state index is 12.7. The Labute approximate surface area is 188 Å². The van der Waals surface area contributed by atoms with Gasteiger partial charge in [0.25, 0.3) is 5.91 Å². The number of nitrogens with zero attached hydrogens (tertiary/aromatic N) is 1. The number of rotatable bonds is 9. The molecule has 2 rings (SSSR count). The monoisotopic (exact) mass is 466 g/mol. The first kappa shape index (κ1) is 24.8. The van der Waals surface area contributed by atoms with Gasteiger partial charge < -0.3 is 10.1 Å². The van der Waals surface area contributed by atoms with Crippen LogP contribution in [-0.4, -0.2) is 44.7 Å². The molecule has 0 saturated heterocycles. The number of hydrogen-bond donors (Lipinski definition) is 1. The quantitative estimate of drug-likeness (QED) is 0.571. The summed E-state index contributed by atoms with van der Waals surface area (Å²) in [5.74, 6) is -1.15. The van der Waals surface area contributed by atoms with E-state index in [1.54, 1.807) is 36.4 Å². The average molecular weight is 467 g/mol. The second-order valence-electron chi connectivity index (χ2n) is 7.39. The molecule has 2 aromatic rings. The van der Waals surface area contributed by atoms with Crippen molar-refractivity contribution in [3.63, 3.8) is 0 Å². The van der Waals surface area contributed by atoms with Gasteiger partial charge in [-0.15, -0.1) is 0 Å². The number of benzene rings is 2. The first-order valence-corrected chi connectivity index (χ1v) is 11.6. The smallest absolute Gasteiger partial charge is 0.329 e. The van der Waals surface area contributed by atoms with Crippen LogP contribution in [-0.2, 0) is 26.2 Å². The molecule has 1 N–H and O–H groups in total. The lowest BCUT2D eigenvalue weighted by Crippen LogP contribution is -2.45. The predicted octanol–water partition coefficient (Wildman–Crippen LogP) is 3.48. The van der Waals surface area contributed by atoms with Crippen LogP contribution >= 0.6 is 11.6 Å². The van der Waals surface area contributed by atoms with Crippen molar-refractivity contribution in [2.45, 2.75) is 37.8 Å². The summed E-state index contributed by atoms with van der Waals surface area (Å²) in [4.78, 5) is 25.4. The molecule has 0 bridgehead atoms. The normalized spacial score (nSPS) is 13.5. The van der Waals surface area contributed by atoms with E-state index in [9.17, 15) is 18.0 Å². The van der Waals surface area contributed by atoms with Gasteiger partial charge in [0.05, 0.1) is 4.90 Å². The fraction of sp³-hybridized carbons (Fsp3) is 0.364. The highest BCUT2D eigenvalue weighted by Crippen LogP contribution is 2.17. The number of ether oxygens (including phenoxy) is 1. The molecule has 1 amide bonds. The molecule has 0 aliphatic heterocycles. The van der Waals surface area contributed by atoms with E-state index in [4.69, 9.17) is 16.3 Å². The number of sulfonamides is 1. The third kappa shape index (κ3) is 6.53. The molecular formula is C22H27ClN2O5S. The van der Waals surface area contributed by atoms with Gasteiger partial charge in [0.1, 0.15) is 12.6 Å². The zero-order valence-electron chi connectivity index (χ0n) is 18.0. The summed E-state index contributed by atoms with van der Waals surface area (Å²) in [7, 11) is -0.702. The van der Waals surface area contributed by atoms with Crippen molar-refractivity contribution >= 4 is 33.5 Å². The van der Waals surface area contributed by atoms with E-state index in [-0.39, 0.29) is 17.4 Å². The highest BCUT2D eigenvalue weighted by molar-refractivity contribution is 7.89. The van der Waals surface area contributed by atoms with Gasteiger partial charge in [0.2, 0.25) is 10.0 Å². The number of halogens is 1. The van der Waals surface area contributed by atoms with E-state index >= 15 is 0 Å². The van der Waals surface area contributed by atoms with E-state index in [2.05, 4.69) is 5.32 Å². The van der Waals surface area contributed by atoms with Crippen LogP contribution < -0.4 is 5.32 Å². The Balaban J connectivity index is 2.11. The molecule has 7 nitrogen and oxygen atoms in total. The van der Waals surface area contributed by atoms with Crippen molar-refractivity contribution in [2.75, 3.05) is 14.1 Å². The minimum Gasteiger partial charge on any atom is -0.459 e. The Morgan fingerprint density at radius 1 is 1.13 bits per heavy atom. The number of amides is 1. The molecule has 0 fully saturated rings. The number of esters is 1. The third-order valence-corrected chi connectivity index (χ3v) is 6.98. The van der Waals surface area contributed by atoms with Gasteiger partial charge in [-0.1, -0.05) is 44.0 Å². The van der Waals surface area contributed by atoms with Crippen LogP contribution in [0.3, 0.4) is 0 Å². The van der Waals surface area contributed by atoms with E-state index in [1.165, 1.54) is 26.2 Å². The SMILES string of the molecule is CC[C@H](C)[C@H](NC(=O)c1ccc(Cl)cc1)C(=O)OCc1cccc(S(=O)(=O)N(C)C)c1. The summed E-state index contributed by atoms with van der Waals surface area (Å²) in [6.45, 7) is 3.65. The molecule has 168 valence electrons. The Bertz CT molecular complexity index is 1020. The summed E-state index contributed by atoms with van der Waals surface area (Å²) in [5.41, 5.74) is 0.912. The Morgan fingerprint density at radius 2 is 1.77 bits per heavy atom. The summed E-state index contributed by atoms with van der Waals surface area (Å²) in [5, 5.41) is 3.24. The van der Waals surface area contributed by atoms with Crippen molar-refractivity contribution in [1.82, 2.24) is 9.62 Å². The van der Waals surface area contributed by atoms with Crippen molar-refractivity contribution in [2.24, 2.45) is 5.92 Å². The van der Waals surface area contributed by atoms with Gasteiger partial charge in [0, 0.05) is 24.7 Å². The lowest BCUT2D eigenvalue weighted by Gasteiger charge is -2.23. The maximum Gasteiger partial charge on any atom is 0.329 e. The molecule has 2 atom stereocenters. The average Bonchev–Trinajstić information content (AvgIpc) is 2.75. The van der Waals surface area contributed by atoms with Gasteiger partial charge in [0.15, 0.2) is 0 Å². The molecule has 0 aromatic heterocycles. The fourth-order valence-corrected chi connectivity index (χ4v) is 3.84. The van der Waals surface area contributed by atoms with E-state index in [0.717, 1.165) is 4.31 Å². The Morgan fingerprint density at radius 3 is 2.35 bits per heavy atom. The largest absolute Gasteiger partial charge is 0.459 e. The standard InChI is InChI=1S/C22H27ClN2O5S/c1-5-15(2)20(24-21(26)17-9-11-18(23)12-10-17)22(27)30-14-16-7-6-8-19(13-16)31(28,29)25(3)4/h6-13,15,20H,5,14H2,1-4H3,(H,24,26)/t15-,20-/m0/s1. The zero-order valence-corrected chi connectivity index (χ0v) is 19.5. The number of carbonyl (C=O) groups excluding carboxylic acids is 2. The lowest BCUT2D eigenvalue weighted by atomic mass is 9.98. The van der Waals surface area contributed by atoms with Gasteiger partial charge in [-0.05, 0) is 47.9 Å². The number of carbonyl (C=O) groups is 2. The number of nitrogens with one attached hydrogen (secondary N) is 1. The first-order chi connectivity index (χ1) is 14.6. The summed E-state index contributed by atoms with van der Waals surface area (Å²) >= 11 is 5.86. The van der Waals surface area contributed by atoms with Crippen LogP contribution in [0.1, 0.15) is 36.2 Å². The molecule has 0 aliphatic rings. The second kappa shape index (κ2) is 10.7. The van der Waals surface area contributed by atoms with Crippen LogP contribution in [0.2, 0.25) is 5.02 Å². The minimum absolute atomic E-state index is 0.112. The highest BCUT2D eigenvalue weighted by atomic mass is 35.5. The van der Waals surface area contributed by atoms with E-state index in [1.807, 2.05) is 13.8 Å². The topological polar surface area (TPSA) is 92.8 Å². The van der Waals surface area contributed by atoms with Gasteiger partial charge >= 0.3 is 5.97 Å². The molecule has 2 aromatic carbocycles. The van der Waals surface area contributed by atoms with E-state index < -0.39 is 27.9 Å². The van der Waals surface area contributed by atoms with Crippen LogP contribution in [0.25, 0.3) is 0 Å². The minimum atomic E-state index is -3.59. The van der Waals surface area contributed by atoms with Gasteiger partial charge in [-0.2, -0.15) is 0 Å². The molecular weight excluding hydrogens is 440 g/mol. The second-order valence-corrected chi connectivity index (χ2v) is 9.97. The van der Waals surface area contributed by atoms with Crippen LogP contribution in [0.15, 0.2) is 53.4 Å². The first-order valence-electron chi connectivity index (χ1n) is 9.80. The van der Waals surface area contributed by atoms with Crippen LogP contribution in [0.4, 0.5) is 0 Å². The maximum absolute atomic E-state index is 12.7. The van der Waals surface area contributed by atoms with Crippen molar-refractivity contribution in [3.05, 3.63) is 64.7 Å². The van der Waals surface area contributed by atoms with Gasteiger partial charge in [-0.25, -0.2) is 17.5 Å². The summed E-state index contributed by atoms with van der Waals surface area (Å²) in [6.07, 6.45) is 0.650. The van der Waals surface area contributed by atoms with Crippen LogP contribution in [0, 0.1) is 5.92 Å². The zero-order chi connectivity index (χ0) is 23.2. The molecule has 0 heterocycles.